The van der Waals surface area contributed by atoms with Crippen LogP contribution in [0.2, 0.25) is 5.02 Å². The first kappa shape index (κ1) is 32.5. The summed E-state index contributed by atoms with van der Waals surface area (Å²) in [5.74, 6) is 0.351. The Bertz CT molecular complexity index is 1160. The Morgan fingerprint density at radius 2 is 1.76 bits per heavy atom. The zero-order valence-electron chi connectivity index (χ0n) is 23.3. The van der Waals surface area contributed by atoms with Crippen LogP contribution in [0.1, 0.15) is 57.1 Å². The highest BCUT2D eigenvalue weighted by Gasteiger charge is 2.32. The van der Waals surface area contributed by atoms with Crippen molar-refractivity contribution in [1.29, 1.82) is 0 Å². The van der Waals surface area contributed by atoms with Crippen molar-refractivity contribution in [2.24, 2.45) is 5.16 Å². The van der Waals surface area contributed by atoms with Gasteiger partial charge >= 0.3 is 0 Å². The molecule has 2 fully saturated rings. The maximum Gasteiger partial charge on any atom is 0.247 e. The summed E-state index contributed by atoms with van der Waals surface area (Å²) < 4.78 is 12.0. The molecule has 1 aliphatic carbocycles. The lowest BCUT2D eigenvalue weighted by molar-refractivity contribution is -0.121. The van der Waals surface area contributed by atoms with Crippen LogP contribution in [0, 0.1) is 0 Å². The number of ether oxygens (including phenoxy) is 2. The summed E-state index contributed by atoms with van der Waals surface area (Å²) in [5, 5.41) is 42.1. The second-order valence-electron chi connectivity index (χ2n) is 9.99. The number of nitrogens with one attached hydrogen (secondary N) is 1. The Labute approximate surface area is 245 Å². The van der Waals surface area contributed by atoms with Gasteiger partial charge in [-0.3, -0.25) is 4.79 Å². The molecule has 4 rings (SSSR count). The smallest absolute Gasteiger partial charge is 0.247 e. The topological polar surface area (TPSA) is 150 Å². The van der Waals surface area contributed by atoms with E-state index in [1.807, 2.05) is 55.5 Å². The van der Waals surface area contributed by atoms with E-state index in [2.05, 4.69) is 10.5 Å². The molecular formula is C30H39ClN2O8. The van der Waals surface area contributed by atoms with E-state index < -0.39 is 25.0 Å². The highest BCUT2D eigenvalue weighted by molar-refractivity contribution is 6.30. The highest BCUT2D eigenvalue weighted by Crippen LogP contribution is 2.25. The van der Waals surface area contributed by atoms with Crippen molar-refractivity contribution in [2.75, 3.05) is 6.79 Å². The van der Waals surface area contributed by atoms with Crippen molar-refractivity contribution in [2.45, 2.75) is 83.2 Å². The predicted octanol–water partition coefficient (Wildman–Crippen LogP) is 3.54. The third-order valence-electron chi connectivity index (χ3n) is 6.79. The normalized spacial score (nSPS) is 24.7. The van der Waals surface area contributed by atoms with Crippen LogP contribution in [0.4, 0.5) is 0 Å². The van der Waals surface area contributed by atoms with Crippen LogP contribution >= 0.6 is 11.6 Å². The second-order valence-corrected chi connectivity index (χ2v) is 10.4. The van der Waals surface area contributed by atoms with Gasteiger partial charge < -0.3 is 40.1 Å². The van der Waals surface area contributed by atoms with E-state index in [9.17, 15) is 15.0 Å². The third-order valence-corrected chi connectivity index (χ3v) is 7.03. The summed E-state index contributed by atoms with van der Waals surface area (Å²) in [6.45, 7) is 3.16. The number of hydrogen-bond acceptors (Lipinski definition) is 9. The quantitative estimate of drug-likeness (QED) is 0.129. The van der Waals surface area contributed by atoms with Gasteiger partial charge in [-0.2, -0.15) is 0 Å². The Kier molecular flexibility index (Phi) is 13.1. The number of amides is 1. The lowest BCUT2D eigenvalue weighted by Crippen LogP contribution is -2.53. The van der Waals surface area contributed by atoms with Gasteiger partial charge in [0, 0.05) is 17.0 Å². The Morgan fingerprint density at radius 1 is 1.07 bits per heavy atom. The third kappa shape index (κ3) is 10.4. The lowest BCUT2D eigenvalue weighted by Gasteiger charge is -2.32. The van der Waals surface area contributed by atoms with Crippen molar-refractivity contribution in [3.8, 4) is 5.75 Å². The molecule has 2 aromatic carbocycles. The minimum atomic E-state index is -0.750. The number of carbonyl (C=O) groups is 1. The van der Waals surface area contributed by atoms with Gasteiger partial charge in [0.1, 0.15) is 25.3 Å². The first-order chi connectivity index (χ1) is 19.7. The zero-order chi connectivity index (χ0) is 29.8. The average molecular weight is 591 g/mol. The van der Waals surface area contributed by atoms with Crippen molar-refractivity contribution in [1.82, 2.24) is 5.32 Å². The molecule has 1 heterocycles. The summed E-state index contributed by atoms with van der Waals surface area (Å²) in [6, 6.07) is 14.2. The van der Waals surface area contributed by atoms with E-state index in [-0.39, 0.29) is 18.3 Å². The zero-order valence-corrected chi connectivity index (χ0v) is 24.0. The first-order valence-electron chi connectivity index (χ1n) is 13.6. The van der Waals surface area contributed by atoms with Gasteiger partial charge in [0.15, 0.2) is 0 Å². The number of halogens is 1. The van der Waals surface area contributed by atoms with E-state index in [1.165, 1.54) is 0 Å². The molecule has 41 heavy (non-hydrogen) atoms. The molecule has 0 aromatic heterocycles. The molecule has 5 N–H and O–H groups in total. The van der Waals surface area contributed by atoms with Crippen LogP contribution in [-0.4, -0.2) is 69.5 Å². The monoisotopic (exact) mass is 590 g/mol. The van der Waals surface area contributed by atoms with Gasteiger partial charge in [-0.15, -0.1) is 0 Å². The number of hydrogen-bond donors (Lipinski definition) is 5. The number of nitrogens with zero attached hydrogens (tertiary/aromatic N) is 1. The molecule has 224 valence electrons. The highest BCUT2D eigenvalue weighted by atomic mass is 35.5. The molecule has 0 radical (unpaired) electrons. The number of aliphatic hydroxyl groups is 4. The van der Waals surface area contributed by atoms with Crippen molar-refractivity contribution >= 4 is 29.3 Å². The fourth-order valence-electron chi connectivity index (χ4n) is 4.61. The van der Waals surface area contributed by atoms with Crippen molar-refractivity contribution in [3.05, 3.63) is 70.3 Å². The molecule has 2 aliphatic rings. The second kappa shape index (κ2) is 16.5. The molecule has 1 saturated carbocycles. The number of benzene rings is 2. The summed E-state index contributed by atoms with van der Waals surface area (Å²) >= 11 is 6.00. The van der Waals surface area contributed by atoms with Crippen molar-refractivity contribution in [3.63, 3.8) is 0 Å². The SMILES string of the molecule is C/C(=C\c1ccc(O[C@H]2CC[C@@H](/C(C)=N/OCc3cccc(Cl)c3)O2)cc1)C(=O)NC1[C@H](O)CCC[C@@H]1O.OCO. The van der Waals surface area contributed by atoms with Gasteiger partial charge in [0.25, 0.3) is 0 Å². The van der Waals surface area contributed by atoms with Crippen LogP contribution in [0.25, 0.3) is 6.08 Å². The fourth-order valence-corrected chi connectivity index (χ4v) is 4.83. The average Bonchev–Trinajstić information content (AvgIpc) is 3.41. The van der Waals surface area contributed by atoms with Crippen LogP contribution in [0.15, 0.2) is 59.3 Å². The Balaban J connectivity index is 0.00000147. The molecule has 1 unspecified atom stereocenters. The van der Waals surface area contributed by atoms with Gasteiger partial charge in [0.05, 0.1) is 24.0 Å². The number of rotatable bonds is 9. The lowest BCUT2D eigenvalue weighted by atomic mass is 9.89. The predicted molar refractivity (Wildman–Crippen MR) is 155 cm³/mol. The molecule has 1 aliphatic heterocycles. The Morgan fingerprint density at radius 3 is 2.41 bits per heavy atom. The molecule has 5 atom stereocenters. The summed E-state index contributed by atoms with van der Waals surface area (Å²) in [6.07, 6.45) is 3.11. The van der Waals surface area contributed by atoms with Gasteiger partial charge in [-0.05, 0) is 81.0 Å². The van der Waals surface area contributed by atoms with Gasteiger partial charge in [0.2, 0.25) is 12.2 Å². The number of aliphatic hydroxyl groups excluding tert-OH is 3. The van der Waals surface area contributed by atoms with Crippen molar-refractivity contribution < 1.29 is 39.5 Å². The van der Waals surface area contributed by atoms with E-state index in [4.69, 9.17) is 36.1 Å². The maximum absolute atomic E-state index is 12.6. The van der Waals surface area contributed by atoms with Crippen LogP contribution in [0.5, 0.6) is 5.75 Å². The van der Waals surface area contributed by atoms with E-state index in [0.717, 1.165) is 36.1 Å². The Hall–Kier alpha value is -2.99. The van der Waals surface area contributed by atoms with Gasteiger partial charge in [-0.25, -0.2) is 0 Å². The maximum atomic E-state index is 12.6. The summed E-state index contributed by atoms with van der Waals surface area (Å²) in [4.78, 5) is 18.0. The van der Waals surface area contributed by atoms with E-state index in [1.54, 1.807) is 13.0 Å². The molecule has 10 nitrogen and oxygen atoms in total. The van der Waals surface area contributed by atoms with E-state index >= 15 is 0 Å². The minimum Gasteiger partial charge on any atom is -0.465 e. The largest absolute Gasteiger partial charge is 0.465 e. The van der Waals surface area contributed by atoms with Crippen LogP contribution in [-0.2, 0) is 21.0 Å². The molecule has 0 spiro atoms. The van der Waals surface area contributed by atoms with E-state index in [0.29, 0.717) is 35.8 Å². The summed E-state index contributed by atoms with van der Waals surface area (Å²) in [7, 11) is 0. The summed E-state index contributed by atoms with van der Waals surface area (Å²) in [5.41, 5.74) is 3.01. The molecule has 2 aromatic rings. The number of carbonyl (C=O) groups excluding carboxylic acids is 1. The van der Waals surface area contributed by atoms with Crippen LogP contribution < -0.4 is 10.1 Å². The molecule has 1 saturated heterocycles. The van der Waals surface area contributed by atoms with Crippen LogP contribution in [0.3, 0.4) is 0 Å². The van der Waals surface area contributed by atoms with Gasteiger partial charge in [-0.1, -0.05) is 41.0 Å². The minimum absolute atomic E-state index is 0.177. The number of oxime groups is 1. The molecule has 1 amide bonds. The first-order valence-corrected chi connectivity index (χ1v) is 14.0. The molecular weight excluding hydrogens is 552 g/mol. The fraction of sp³-hybridized carbons (Fsp3) is 0.467. The molecule has 11 heteroatoms. The standard InChI is InChI=1S/C29H35ClN2O6.CH4O2/c1-18(29(35)31-28-24(33)7-4-8-25(28)34)15-20-9-11-23(12-10-20)37-27-14-13-26(38-27)19(2)32-36-17-21-5-3-6-22(30)16-21;2-1-3/h3,5-6,9-12,15-16,24-28,33-34H,4,7-8,13-14,17H2,1-2H3,(H,31,35);2-3H,1H2/b18-15+,32-19+;/t24-,25+,26-,27+,28?;/m0./s1. The molecule has 0 bridgehead atoms.